The molecule has 0 heterocycles. The predicted octanol–water partition coefficient (Wildman–Crippen LogP) is 0.271. The maximum atomic E-state index is 11.5. The van der Waals surface area contributed by atoms with Gasteiger partial charge in [-0.05, 0) is 30.8 Å². The molecular formula is C10H21N3O2S2. The van der Waals surface area contributed by atoms with Gasteiger partial charge in [-0.25, -0.2) is 5.84 Å². The van der Waals surface area contributed by atoms with Gasteiger partial charge in [-0.1, -0.05) is 6.42 Å². The van der Waals surface area contributed by atoms with E-state index >= 15 is 0 Å². The minimum atomic E-state index is -0.588. The number of carbonyl (C=O) groups excluding carboxylic acids is 2. The SMILES string of the molecule is NNC(=O)C(CCS)NC(=O)CCCCCS. The molecule has 0 bridgehead atoms. The van der Waals surface area contributed by atoms with Gasteiger partial charge in [0, 0.05) is 6.42 Å². The fraction of sp³-hybridized carbons (Fsp3) is 0.800. The van der Waals surface area contributed by atoms with Gasteiger partial charge >= 0.3 is 0 Å². The normalized spacial score (nSPS) is 11.9. The monoisotopic (exact) mass is 279 g/mol. The van der Waals surface area contributed by atoms with Crippen LogP contribution in [0.15, 0.2) is 0 Å². The lowest BCUT2D eigenvalue weighted by Gasteiger charge is -2.15. The molecule has 7 heteroatoms. The number of nitrogens with one attached hydrogen (secondary N) is 2. The fourth-order valence-corrected chi connectivity index (χ4v) is 1.82. The van der Waals surface area contributed by atoms with Crippen molar-refractivity contribution in [1.29, 1.82) is 0 Å². The number of carbonyl (C=O) groups is 2. The van der Waals surface area contributed by atoms with Crippen molar-refractivity contribution < 1.29 is 9.59 Å². The second-order valence-electron chi connectivity index (χ2n) is 3.68. The van der Waals surface area contributed by atoms with E-state index in [0.717, 1.165) is 25.0 Å². The highest BCUT2D eigenvalue weighted by atomic mass is 32.1. The Morgan fingerprint density at radius 2 is 1.82 bits per heavy atom. The van der Waals surface area contributed by atoms with Crippen molar-refractivity contribution in [1.82, 2.24) is 10.7 Å². The summed E-state index contributed by atoms with van der Waals surface area (Å²) in [5, 5.41) is 2.65. The maximum Gasteiger partial charge on any atom is 0.256 e. The second-order valence-corrected chi connectivity index (χ2v) is 4.57. The molecule has 17 heavy (non-hydrogen) atoms. The van der Waals surface area contributed by atoms with E-state index in [9.17, 15) is 9.59 Å². The van der Waals surface area contributed by atoms with E-state index in [-0.39, 0.29) is 11.8 Å². The molecule has 0 spiro atoms. The van der Waals surface area contributed by atoms with Crippen LogP contribution < -0.4 is 16.6 Å². The number of hydrogen-bond acceptors (Lipinski definition) is 5. The number of amides is 2. The Bertz CT molecular complexity index is 240. The van der Waals surface area contributed by atoms with Gasteiger partial charge in [-0.3, -0.25) is 15.0 Å². The maximum absolute atomic E-state index is 11.5. The van der Waals surface area contributed by atoms with E-state index in [1.165, 1.54) is 0 Å². The first-order valence-electron chi connectivity index (χ1n) is 5.67. The molecule has 0 radical (unpaired) electrons. The summed E-state index contributed by atoms with van der Waals surface area (Å²) in [5.74, 6) is 5.87. The molecule has 0 rings (SSSR count). The second kappa shape index (κ2) is 10.7. The Morgan fingerprint density at radius 1 is 1.12 bits per heavy atom. The van der Waals surface area contributed by atoms with Crippen LogP contribution in [0.1, 0.15) is 32.1 Å². The molecule has 0 fully saturated rings. The molecule has 0 saturated heterocycles. The number of hydrogen-bond donors (Lipinski definition) is 5. The predicted molar refractivity (Wildman–Crippen MR) is 75.1 cm³/mol. The molecule has 5 nitrogen and oxygen atoms in total. The smallest absolute Gasteiger partial charge is 0.256 e. The van der Waals surface area contributed by atoms with E-state index < -0.39 is 6.04 Å². The van der Waals surface area contributed by atoms with Gasteiger partial charge in [0.15, 0.2) is 0 Å². The van der Waals surface area contributed by atoms with Crippen molar-refractivity contribution in [2.45, 2.75) is 38.1 Å². The molecular weight excluding hydrogens is 258 g/mol. The minimum absolute atomic E-state index is 0.125. The third-order valence-corrected chi connectivity index (χ3v) is 2.85. The van der Waals surface area contributed by atoms with Crippen molar-refractivity contribution in [3.8, 4) is 0 Å². The zero-order valence-electron chi connectivity index (χ0n) is 9.82. The number of unbranched alkanes of at least 4 members (excludes halogenated alkanes) is 2. The summed E-state index contributed by atoms with van der Waals surface area (Å²) >= 11 is 8.13. The molecule has 0 aromatic rings. The van der Waals surface area contributed by atoms with Crippen LogP contribution in [0.3, 0.4) is 0 Å². The topological polar surface area (TPSA) is 84.2 Å². The summed E-state index contributed by atoms with van der Waals surface area (Å²) in [7, 11) is 0. The van der Waals surface area contributed by atoms with Crippen molar-refractivity contribution in [2.75, 3.05) is 11.5 Å². The van der Waals surface area contributed by atoms with Crippen LogP contribution in [0, 0.1) is 0 Å². The van der Waals surface area contributed by atoms with Crippen LogP contribution in [0.2, 0.25) is 0 Å². The summed E-state index contributed by atoms with van der Waals surface area (Å²) in [6.07, 6.45) is 3.67. The number of hydrazine groups is 1. The quantitative estimate of drug-likeness (QED) is 0.138. The van der Waals surface area contributed by atoms with E-state index in [0.29, 0.717) is 18.6 Å². The summed E-state index contributed by atoms with van der Waals surface area (Å²) in [6, 6.07) is -0.588. The van der Waals surface area contributed by atoms with E-state index in [1.807, 2.05) is 5.43 Å². The molecule has 0 aromatic carbocycles. The summed E-state index contributed by atoms with van der Waals surface area (Å²) in [5.41, 5.74) is 2.03. The first-order chi connectivity index (χ1) is 8.15. The van der Waals surface area contributed by atoms with Crippen molar-refractivity contribution in [3.05, 3.63) is 0 Å². The average molecular weight is 279 g/mol. The van der Waals surface area contributed by atoms with E-state index in [1.54, 1.807) is 0 Å². The molecule has 1 unspecified atom stereocenters. The van der Waals surface area contributed by atoms with Gasteiger partial charge < -0.3 is 5.32 Å². The van der Waals surface area contributed by atoms with Crippen LogP contribution in [0.4, 0.5) is 0 Å². The Morgan fingerprint density at radius 3 is 2.35 bits per heavy atom. The lowest BCUT2D eigenvalue weighted by Crippen LogP contribution is -2.49. The summed E-state index contributed by atoms with van der Waals surface area (Å²) in [4.78, 5) is 22.9. The Kier molecular flexibility index (Phi) is 10.5. The van der Waals surface area contributed by atoms with Gasteiger partial charge in [0.1, 0.15) is 6.04 Å². The third-order valence-electron chi connectivity index (χ3n) is 2.27. The minimum Gasteiger partial charge on any atom is -0.344 e. The van der Waals surface area contributed by atoms with Crippen molar-refractivity contribution in [3.63, 3.8) is 0 Å². The molecule has 0 aliphatic rings. The van der Waals surface area contributed by atoms with Crippen molar-refractivity contribution >= 4 is 37.1 Å². The lowest BCUT2D eigenvalue weighted by molar-refractivity contribution is -0.129. The van der Waals surface area contributed by atoms with Crippen LogP contribution in [-0.2, 0) is 9.59 Å². The first-order valence-corrected chi connectivity index (χ1v) is 6.93. The molecule has 0 aliphatic heterocycles. The Balaban J connectivity index is 3.91. The molecule has 0 aromatic heterocycles. The van der Waals surface area contributed by atoms with Gasteiger partial charge in [-0.15, -0.1) is 0 Å². The Hall–Kier alpha value is -0.400. The number of rotatable bonds is 9. The zero-order chi connectivity index (χ0) is 13.1. The lowest BCUT2D eigenvalue weighted by atomic mass is 10.1. The number of thiol groups is 2. The average Bonchev–Trinajstić information content (AvgIpc) is 2.33. The summed E-state index contributed by atoms with van der Waals surface area (Å²) in [6.45, 7) is 0. The van der Waals surface area contributed by atoms with Crippen LogP contribution in [0.5, 0.6) is 0 Å². The van der Waals surface area contributed by atoms with Gasteiger partial charge in [0.25, 0.3) is 5.91 Å². The van der Waals surface area contributed by atoms with Crippen LogP contribution in [-0.4, -0.2) is 29.4 Å². The van der Waals surface area contributed by atoms with Crippen molar-refractivity contribution in [2.24, 2.45) is 5.84 Å². The van der Waals surface area contributed by atoms with E-state index in [2.05, 4.69) is 30.6 Å². The zero-order valence-corrected chi connectivity index (χ0v) is 11.6. The highest BCUT2D eigenvalue weighted by molar-refractivity contribution is 7.80. The third kappa shape index (κ3) is 8.34. The molecule has 100 valence electrons. The molecule has 0 saturated carbocycles. The highest BCUT2D eigenvalue weighted by Gasteiger charge is 2.18. The molecule has 1 atom stereocenters. The van der Waals surface area contributed by atoms with Gasteiger partial charge in [0.05, 0.1) is 0 Å². The van der Waals surface area contributed by atoms with E-state index in [4.69, 9.17) is 5.84 Å². The first kappa shape index (κ1) is 16.6. The molecule has 2 amide bonds. The summed E-state index contributed by atoms with van der Waals surface area (Å²) < 4.78 is 0. The molecule has 4 N–H and O–H groups in total. The number of nitrogens with two attached hydrogens (primary N) is 1. The standard InChI is InChI=1S/C10H21N3O2S2/c11-13-10(15)8(5-7-17)12-9(14)4-2-1-3-6-16/h8,16-17H,1-7,11H2,(H,12,14)(H,13,15). The van der Waals surface area contributed by atoms with Crippen LogP contribution >= 0.6 is 25.3 Å². The Labute approximate surface area is 113 Å². The molecule has 0 aliphatic carbocycles. The largest absolute Gasteiger partial charge is 0.344 e. The highest BCUT2D eigenvalue weighted by Crippen LogP contribution is 2.02. The van der Waals surface area contributed by atoms with Gasteiger partial charge in [0.2, 0.25) is 5.91 Å². The van der Waals surface area contributed by atoms with Crippen LogP contribution in [0.25, 0.3) is 0 Å². The van der Waals surface area contributed by atoms with Gasteiger partial charge in [-0.2, -0.15) is 25.3 Å². The fourth-order valence-electron chi connectivity index (χ4n) is 1.34.